The second kappa shape index (κ2) is 6.04. The Labute approximate surface area is 135 Å². The molecule has 0 aliphatic carbocycles. The minimum absolute atomic E-state index is 0.0588. The quantitative estimate of drug-likeness (QED) is 0.799. The van der Waals surface area contributed by atoms with Crippen molar-refractivity contribution < 1.29 is 5.11 Å². The van der Waals surface area contributed by atoms with Gasteiger partial charge in [-0.25, -0.2) is 4.68 Å². The van der Waals surface area contributed by atoms with Crippen molar-refractivity contribution in [1.29, 1.82) is 0 Å². The molecule has 0 bridgehead atoms. The summed E-state index contributed by atoms with van der Waals surface area (Å²) in [4.78, 5) is 12.3. The van der Waals surface area contributed by atoms with Gasteiger partial charge >= 0.3 is 0 Å². The normalized spacial score (nSPS) is 12.5. The molecule has 0 amide bonds. The lowest BCUT2D eigenvalue weighted by molar-refractivity contribution is 0.148. The molecule has 0 aliphatic rings. The summed E-state index contributed by atoms with van der Waals surface area (Å²) < 4.78 is 1.12. The Morgan fingerprint density at radius 3 is 2.77 bits per heavy atom. The second-order valence-electron chi connectivity index (χ2n) is 4.78. The molecule has 7 heteroatoms. The molecule has 1 atom stereocenters. The number of hydrogen-bond acceptors (Lipinski definition) is 4. The predicted octanol–water partition coefficient (Wildman–Crippen LogP) is 2.83. The van der Waals surface area contributed by atoms with Crippen LogP contribution < -0.4 is 5.56 Å². The Morgan fingerprint density at radius 2 is 1.95 bits per heavy atom. The van der Waals surface area contributed by atoms with Gasteiger partial charge in [0.1, 0.15) is 11.6 Å². The molecular weight excluding hydrogens is 325 g/mol. The molecule has 0 radical (unpaired) electrons. The van der Waals surface area contributed by atoms with Crippen molar-refractivity contribution in [2.75, 3.05) is 0 Å². The van der Waals surface area contributed by atoms with Crippen LogP contribution in [0.2, 0.25) is 10.0 Å². The standard InChI is InChI=1S/C15H11Cl2N3O2/c16-9-5-6-12(17)11(7-9)14(21)8-20-15(22)10-3-1-2-4-13(10)18-19-20/h1-7,14,21H,8H2/t14-/m0/s1. The van der Waals surface area contributed by atoms with Gasteiger partial charge in [0.2, 0.25) is 0 Å². The first-order chi connectivity index (χ1) is 10.6. The highest BCUT2D eigenvalue weighted by molar-refractivity contribution is 6.33. The van der Waals surface area contributed by atoms with Gasteiger partial charge in [-0.1, -0.05) is 40.5 Å². The van der Waals surface area contributed by atoms with Gasteiger partial charge in [0.05, 0.1) is 11.9 Å². The van der Waals surface area contributed by atoms with Crippen LogP contribution in [-0.4, -0.2) is 20.1 Å². The Bertz CT molecular complexity index is 895. The maximum absolute atomic E-state index is 12.3. The molecule has 0 aliphatic heterocycles. The maximum Gasteiger partial charge on any atom is 0.277 e. The first-order valence-electron chi connectivity index (χ1n) is 6.52. The van der Waals surface area contributed by atoms with E-state index in [-0.39, 0.29) is 12.1 Å². The van der Waals surface area contributed by atoms with Crippen LogP contribution in [-0.2, 0) is 6.54 Å². The Balaban J connectivity index is 1.97. The number of aromatic nitrogens is 3. The zero-order valence-corrected chi connectivity index (χ0v) is 12.8. The van der Waals surface area contributed by atoms with E-state index in [1.807, 2.05) is 0 Å². The predicted molar refractivity (Wildman–Crippen MR) is 85.2 cm³/mol. The summed E-state index contributed by atoms with van der Waals surface area (Å²) >= 11 is 12.0. The van der Waals surface area contributed by atoms with E-state index in [0.29, 0.717) is 26.5 Å². The van der Waals surface area contributed by atoms with Crippen LogP contribution in [0.1, 0.15) is 11.7 Å². The van der Waals surface area contributed by atoms with Gasteiger partial charge in [-0.2, -0.15) is 0 Å². The van der Waals surface area contributed by atoms with Gasteiger partial charge in [-0.05, 0) is 30.3 Å². The maximum atomic E-state index is 12.3. The lowest BCUT2D eigenvalue weighted by atomic mass is 10.1. The van der Waals surface area contributed by atoms with E-state index in [2.05, 4.69) is 10.3 Å². The van der Waals surface area contributed by atoms with Crippen molar-refractivity contribution in [2.45, 2.75) is 12.6 Å². The monoisotopic (exact) mass is 335 g/mol. The van der Waals surface area contributed by atoms with Crippen molar-refractivity contribution in [2.24, 2.45) is 0 Å². The molecule has 3 rings (SSSR count). The van der Waals surface area contributed by atoms with E-state index in [1.54, 1.807) is 42.5 Å². The highest BCUT2D eigenvalue weighted by atomic mass is 35.5. The number of aliphatic hydroxyl groups is 1. The van der Waals surface area contributed by atoms with Crippen LogP contribution in [0.4, 0.5) is 0 Å². The number of benzene rings is 2. The van der Waals surface area contributed by atoms with Crippen LogP contribution in [0, 0.1) is 0 Å². The average Bonchev–Trinajstić information content (AvgIpc) is 2.52. The second-order valence-corrected chi connectivity index (χ2v) is 5.62. The van der Waals surface area contributed by atoms with E-state index in [4.69, 9.17) is 23.2 Å². The minimum atomic E-state index is -1.01. The van der Waals surface area contributed by atoms with E-state index < -0.39 is 6.10 Å². The molecule has 0 saturated heterocycles. The summed E-state index contributed by atoms with van der Waals surface area (Å²) in [6.45, 7) is -0.0588. The van der Waals surface area contributed by atoms with Crippen molar-refractivity contribution in [1.82, 2.24) is 15.0 Å². The van der Waals surface area contributed by atoms with Crippen molar-refractivity contribution in [3.63, 3.8) is 0 Å². The lowest BCUT2D eigenvalue weighted by Crippen LogP contribution is -2.27. The third-order valence-corrected chi connectivity index (χ3v) is 3.87. The molecular formula is C15H11Cl2N3O2. The summed E-state index contributed by atoms with van der Waals surface area (Å²) in [7, 11) is 0. The molecule has 112 valence electrons. The zero-order chi connectivity index (χ0) is 15.7. The fourth-order valence-electron chi connectivity index (χ4n) is 2.18. The number of rotatable bonds is 3. The molecule has 5 nitrogen and oxygen atoms in total. The van der Waals surface area contributed by atoms with Crippen LogP contribution in [0.15, 0.2) is 47.3 Å². The number of nitrogens with zero attached hydrogens (tertiary/aromatic N) is 3. The first-order valence-corrected chi connectivity index (χ1v) is 7.27. The highest BCUT2D eigenvalue weighted by Crippen LogP contribution is 2.27. The van der Waals surface area contributed by atoms with Gasteiger partial charge in [-0.15, -0.1) is 5.10 Å². The van der Waals surface area contributed by atoms with Gasteiger partial charge in [-0.3, -0.25) is 4.79 Å². The van der Waals surface area contributed by atoms with E-state index in [1.165, 1.54) is 0 Å². The summed E-state index contributed by atoms with van der Waals surface area (Å²) in [6, 6.07) is 11.7. The lowest BCUT2D eigenvalue weighted by Gasteiger charge is -2.13. The van der Waals surface area contributed by atoms with E-state index in [0.717, 1.165) is 4.68 Å². The highest BCUT2D eigenvalue weighted by Gasteiger charge is 2.15. The molecule has 1 heterocycles. The molecule has 22 heavy (non-hydrogen) atoms. The molecule has 1 aromatic heterocycles. The van der Waals surface area contributed by atoms with Crippen molar-refractivity contribution in [3.8, 4) is 0 Å². The van der Waals surface area contributed by atoms with Crippen molar-refractivity contribution in [3.05, 3.63) is 68.4 Å². The Morgan fingerprint density at radius 1 is 1.18 bits per heavy atom. The summed E-state index contributed by atoms with van der Waals surface area (Å²) in [5.41, 5.74) is 0.637. The minimum Gasteiger partial charge on any atom is -0.386 e. The molecule has 2 aromatic carbocycles. The fraction of sp³-hybridized carbons (Fsp3) is 0.133. The van der Waals surface area contributed by atoms with Gasteiger partial charge < -0.3 is 5.11 Å². The molecule has 0 saturated carbocycles. The van der Waals surface area contributed by atoms with Gasteiger partial charge in [0, 0.05) is 15.6 Å². The fourth-order valence-corrected chi connectivity index (χ4v) is 2.60. The van der Waals surface area contributed by atoms with Crippen LogP contribution >= 0.6 is 23.2 Å². The third kappa shape index (κ3) is 2.83. The summed E-state index contributed by atoms with van der Waals surface area (Å²) in [5.74, 6) is 0. The SMILES string of the molecule is O=c1c2ccccc2nnn1C[C@H](O)c1cc(Cl)ccc1Cl. The third-order valence-electron chi connectivity index (χ3n) is 3.29. The molecule has 0 fully saturated rings. The summed E-state index contributed by atoms with van der Waals surface area (Å²) in [6.07, 6.45) is -1.01. The topological polar surface area (TPSA) is 68.0 Å². The van der Waals surface area contributed by atoms with Crippen LogP contribution in [0.25, 0.3) is 10.9 Å². The molecule has 1 N–H and O–H groups in total. The van der Waals surface area contributed by atoms with Crippen molar-refractivity contribution >= 4 is 34.1 Å². The first kappa shape index (κ1) is 15.0. The number of fused-ring (bicyclic) bond motifs is 1. The Kier molecular flexibility index (Phi) is 4.11. The van der Waals surface area contributed by atoms with Gasteiger partial charge in [0.25, 0.3) is 5.56 Å². The van der Waals surface area contributed by atoms with Crippen LogP contribution in [0.5, 0.6) is 0 Å². The smallest absolute Gasteiger partial charge is 0.277 e. The van der Waals surface area contributed by atoms with E-state index >= 15 is 0 Å². The largest absolute Gasteiger partial charge is 0.386 e. The Hall–Kier alpha value is -1.95. The number of aliphatic hydroxyl groups excluding tert-OH is 1. The molecule has 0 unspecified atom stereocenters. The van der Waals surface area contributed by atoms with Crippen LogP contribution in [0.3, 0.4) is 0 Å². The molecule has 3 aromatic rings. The van der Waals surface area contributed by atoms with E-state index in [9.17, 15) is 9.90 Å². The average molecular weight is 336 g/mol. The van der Waals surface area contributed by atoms with Gasteiger partial charge in [0.15, 0.2) is 0 Å². The number of halogens is 2. The molecule has 0 spiro atoms. The zero-order valence-electron chi connectivity index (χ0n) is 11.3. The summed E-state index contributed by atoms with van der Waals surface area (Å²) in [5, 5.41) is 19.4. The number of hydrogen-bond donors (Lipinski definition) is 1.